The minimum Gasteiger partial charge on any atom is -0.394 e. The van der Waals surface area contributed by atoms with E-state index in [1.807, 2.05) is 43.3 Å². The summed E-state index contributed by atoms with van der Waals surface area (Å²) >= 11 is 0. The van der Waals surface area contributed by atoms with E-state index in [0.717, 1.165) is 23.1 Å². The molecule has 7 heteroatoms. The van der Waals surface area contributed by atoms with E-state index in [-0.39, 0.29) is 18.2 Å². The Kier molecular flexibility index (Phi) is 5.83. The fourth-order valence-electron chi connectivity index (χ4n) is 3.76. The van der Waals surface area contributed by atoms with E-state index in [9.17, 15) is 15.2 Å². The number of benzene rings is 2. The number of aliphatic hydroxyl groups is 1. The van der Waals surface area contributed by atoms with Gasteiger partial charge < -0.3 is 20.4 Å². The molecule has 0 aliphatic rings. The summed E-state index contributed by atoms with van der Waals surface area (Å²) in [4.78, 5) is 23.3. The molecule has 2 aromatic carbocycles. The summed E-state index contributed by atoms with van der Waals surface area (Å²) in [7, 11) is 0. The van der Waals surface area contributed by atoms with Crippen LogP contribution < -0.4 is 10.9 Å². The van der Waals surface area contributed by atoms with E-state index in [1.165, 1.54) is 0 Å². The molecule has 0 radical (unpaired) electrons. The van der Waals surface area contributed by atoms with E-state index in [2.05, 4.69) is 26.3 Å². The molecule has 0 bridgehead atoms. The van der Waals surface area contributed by atoms with Crippen molar-refractivity contribution in [2.24, 2.45) is 0 Å². The standard InChI is InChI=1S/C24H23N5O2/c1-2-17-10-16(13-25)12-20-22(17)29-23(28-20)21-19(8-9-26-24(21)31)27-18(14-30)11-15-6-4-3-5-7-15/h3-10,12,18,30H,2,11,14H2,1H3,(H,28,29)(H2,26,27,31)/t18-/m0/s1. The average Bonchev–Trinajstić information content (AvgIpc) is 3.22. The van der Waals surface area contributed by atoms with E-state index in [1.54, 1.807) is 18.3 Å². The van der Waals surface area contributed by atoms with Crippen LogP contribution >= 0.6 is 0 Å². The number of fused-ring (bicyclic) bond motifs is 1. The molecule has 0 saturated heterocycles. The molecule has 0 spiro atoms. The minimum absolute atomic E-state index is 0.0905. The Hall–Kier alpha value is -3.89. The van der Waals surface area contributed by atoms with Crippen LogP contribution in [0.2, 0.25) is 0 Å². The van der Waals surface area contributed by atoms with Gasteiger partial charge in [0.15, 0.2) is 0 Å². The highest BCUT2D eigenvalue weighted by Gasteiger charge is 2.18. The molecule has 2 aromatic heterocycles. The zero-order chi connectivity index (χ0) is 21.8. The lowest BCUT2D eigenvalue weighted by Gasteiger charge is -2.19. The number of pyridine rings is 1. The molecule has 0 unspecified atom stereocenters. The number of aryl methyl sites for hydroxylation is 1. The second-order valence-corrected chi connectivity index (χ2v) is 7.39. The summed E-state index contributed by atoms with van der Waals surface area (Å²) in [6.45, 7) is 1.91. The molecule has 4 N–H and O–H groups in total. The first-order valence-corrected chi connectivity index (χ1v) is 10.2. The molecule has 0 aliphatic heterocycles. The molecular weight excluding hydrogens is 390 g/mol. The number of aliphatic hydroxyl groups excluding tert-OH is 1. The SMILES string of the molecule is CCc1cc(C#N)cc2[nH]c(-c3c(N[C@H](CO)Cc4ccccc4)cc[nH]c3=O)nc12. The average molecular weight is 413 g/mol. The second kappa shape index (κ2) is 8.86. The summed E-state index contributed by atoms with van der Waals surface area (Å²) in [6, 6.07) is 17.1. The van der Waals surface area contributed by atoms with Crippen molar-refractivity contribution >= 4 is 16.7 Å². The van der Waals surface area contributed by atoms with Gasteiger partial charge in [-0.05, 0) is 42.2 Å². The van der Waals surface area contributed by atoms with Crippen LogP contribution in [0.1, 0.15) is 23.6 Å². The normalized spacial score (nSPS) is 11.9. The van der Waals surface area contributed by atoms with Gasteiger partial charge in [-0.3, -0.25) is 4.79 Å². The van der Waals surface area contributed by atoms with Gasteiger partial charge in [-0.1, -0.05) is 37.3 Å². The molecule has 0 fully saturated rings. The van der Waals surface area contributed by atoms with E-state index in [0.29, 0.717) is 34.6 Å². The smallest absolute Gasteiger partial charge is 0.261 e. The van der Waals surface area contributed by atoms with Crippen LogP contribution in [0.4, 0.5) is 5.69 Å². The third-order valence-electron chi connectivity index (χ3n) is 5.28. The van der Waals surface area contributed by atoms with Gasteiger partial charge in [0.05, 0.1) is 41.0 Å². The molecule has 0 aliphatic carbocycles. The quantitative estimate of drug-likeness (QED) is 0.371. The van der Waals surface area contributed by atoms with Gasteiger partial charge in [0, 0.05) is 6.20 Å². The zero-order valence-corrected chi connectivity index (χ0v) is 17.1. The van der Waals surface area contributed by atoms with E-state index in [4.69, 9.17) is 0 Å². The molecule has 2 heterocycles. The summed E-state index contributed by atoms with van der Waals surface area (Å²) in [6.07, 6.45) is 2.89. The maximum absolute atomic E-state index is 12.8. The molecule has 0 saturated carbocycles. The Balaban J connectivity index is 1.75. The van der Waals surface area contributed by atoms with Crippen LogP contribution in [0.25, 0.3) is 22.4 Å². The highest BCUT2D eigenvalue weighted by Crippen LogP contribution is 2.27. The molecule has 1 atom stereocenters. The van der Waals surface area contributed by atoms with Gasteiger partial charge in [0.1, 0.15) is 11.4 Å². The summed E-state index contributed by atoms with van der Waals surface area (Å²) in [5.74, 6) is 0.417. The number of anilines is 1. The van der Waals surface area contributed by atoms with Gasteiger partial charge in [0.25, 0.3) is 5.56 Å². The van der Waals surface area contributed by atoms with Crippen molar-refractivity contribution in [2.75, 3.05) is 11.9 Å². The monoisotopic (exact) mass is 413 g/mol. The molecule has 156 valence electrons. The Labute approximate surface area is 179 Å². The maximum atomic E-state index is 12.8. The zero-order valence-electron chi connectivity index (χ0n) is 17.1. The number of aromatic nitrogens is 3. The van der Waals surface area contributed by atoms with Crippen LogP contribution in [0.3, 0.4) is 0 Å². The summed E-state index contributed by atoms with van der Waals surface area (Å²) in [5, 5.41) is 22.5. The summed E-state index contributed by atoms with van der Waals surface area (Å²) < 4.78 is 0. The Morgan fingerprint density at radius 3 is 2.74 bits per heavy atom. The topological polar surface area (TPSA) is 118 Å². The molecule has 31 heavy (non-hydrogen) atoms. The van der Waals surface area contributed by atoms with Crippen molar-refractivity contribution < 1.29 is 5.11 Å². The molecule has 7 nitrogen and oxygen atoms in total. The van der Waals surface area contributed by atoms with Crippen LogP contribution in [-0.2, 0) is 12.8 Å². The number of rotatable bonds is 7. The van der Waals surface area contributed by atoms with E-state index < -0.39 is 0 Å². The fourth-order valence-corrected chi connectivity index (χ4v) is 3.76. The molecule has 4 aromatic rings. The van der Waals surface area contributed by atoms with Crippen molar-refractivity contribution in [3.05, 3.63) is 81.8 Å². The molecular formula is C24H23N5O2. The number of hydrogen-bond acceptors (Lipinski definition) is 5. The summed E-state index contributed by atoms with van der Waals surface area (Å²) in [5.41, 5.74) is 4.68. The van der Waals surface area contributed by atoms with Crippen LogP contribution in [-0.4, -0.2) is 32.7 Å². The lowest BCUT2D eigenvalue weighted by Crippen LogP contribution is -2.28. The van der Waals surface area contributed by atoms with Crippen molar-refractivity contribution in [1.29, 1.82) is 5.26 Å². The van der Waals surface area contributed by atoms with Crippen molar-refractivity contribution in [2.45, 2.75) is 25.8 Å². The predicted octanol–water partition coefficient (Wildman–Crippen LogP) is 3.37. The third kappa shape index (κ3) is 4.20. The fraction of sp³-hybridized carbons (Fsp3) is 0.208. The van der Waals surface area contributed by atoms with Gasteiger partial charge in [0.2, 0.25) is 0 Å². The lowest BCUT2D eigenvalue weighted by molar-refractivity contribution is 0.274. The van der Waals surface area contributed by atoms with Gasteiger partial charge in [-0.15, -0.1) is 0 Å². The highest BCUT2D eigenvalue weighted by atomic mass is 16.3. The van der Waals surface area contributed by atoms with Gasteiger partial charge in [-0.2, -0.15) is 5.26 Å². The number of imidazole rings is 1. The largest absolute Gasteiger partial charge is 0.394 e. The Morgan fingerprint density at radius 1 is 1.23 bits per heavy atom. The second-order valence-electron chi connectivity index (χ2n) is 7.39. The number of hydrogen-bond donors (Lipinski definition) is 4. The Morgan fingerprint density at radius 2 is 2.03 bits per heavy atom. The van der Waals surface area contributed by atoms with Crippen molar-refractivity contribution in [3.8, 4) is 17.5 Å². The minimum atomic E-state index is -0.293. The number of H-pyrrole nitrogens is 2. The number of nitrogens with one attached hydrogen (secondary N) is 3. The number of nitrogens with zero attached hydrogens (tertiary/aromatic N) is 2. The van der Waals surface area contributed by atoms with Crippen molar-refractivity contribution in [3.63, 3.8) is 0 Å². The van der Waals surface area contributed by atoms with Crippen LogP contribution in [0.5, 0.6) is 0 Å². The van der Waals surface area contributed by atoms with Crippen LogP contribution in [0.15, 0.2) is 59.5 Å². The first-order chi connectivity index (χ1) is 15.1. The number of nitriles is 1. The van der Waals surface area contributed by atoms with Gasteiger partial charge >= 0.3 is 0 Å². The molecule has 4 rings (SSSR count). The lowest BCUT2D eigenvalue weighted by atomic mass is 10.1. The van der Waals surface area contributed by atoms with E-state index >= 15 is 0 Å². The number of aromatic amines is 2. The van der Waals surface area contributed by atoms with Crippen molar-refractivity contribution in [1.82, 2.24) is 15.0 Å². The van der Waals surface area contributed by atoms with Crippen LogP contribution in [0, 0.1) is 11.3 Å². The molecule has 0 amide bonds. The van der Waals surface area contributed by atoms with Gasteiger partial charge in [-0.25, -0.2) is 4.98 Å². The third-order valence-corrected chi connectivity index (χ3v) is 5.28. The highest BCUT2D eigenvalue weighted by molar-refractivity contribution is 5.86. The first-order valence-electron chi connectivity index (χ1n) is 10.2. The maximum Gasteiger partial charge on any atom is 0.261 e. The predicted molar refractivity (Wildman–Crippen MR) is 121 cm³/mol. The Bertz CT molecular complexity index is 1300. The first kappa shape index (κ1) is 20.4.